The molecule has 1 saturated heterocycles. The van der Waals surface area contributed by atoms with Gasteiger partial charge in [-0.3, -0.25) is 4.72 Å². The van der Waals surface area contributed by atoms with E-state index in [1.807, 2.05) is 12.1 Å². The molecule has 5 rings (SSSR count). The number of sulfonamides is 1. The van der Waals surface area contributed by atoms with Crippen LogP contribution in [0.2, 0.25) is 0 Å². The summed E-state index contributed by atoms with van der Waals surface area (Å²) in [4.78, 5) is 18.8. The van der Waals surface area contributed by atoms with Crippen LogP contribution in [-0.2, 0) is 16.6 Å². The maximum Gasteiger partial charge on any atom is 0.450 e. The first-order valence-electron chi connectivity index (χ1n) is 13.0. The number of nitrogens with zero attached hydrogens (tertiary/aromatic N) is 2. The predicted molar refractivity (Wildman–Crippen MR) is 144 cm³/mol. The third-order valence-corrected chi connectivity index (χ3v) is 8.59. The average Bonchev–Trinajstić information content (AvgIpc) is 3.07. The molecule has 1 unspecified atom stereocenters. The number of carbonyl (C=O) groups excluding carboxylic acids is 1. The Hall–Kier alpha value is -2.82. The van der Waals surface area contributed by atoms with Crippen LogP contribution in [0.5, 0.6) is 0 Å². The number of quaternary nitrogens is 1. The van der Waals surface area contributed by atoms with Crippen molar-refractivity contribution in [3.05, 3.63) is 59.9 Å². The van der Waals surface area contributed by atoms with E-state index in [-0.39, 0.29) is 23.1 Å². The van der Waals surface area contributed by atoms with Crippen LogP contribution in [0.25, 0.3) is 0 Å². The smallest absolute Gasteiger partial charge is 0.365 e. The lowest BCUT2D eigenvalue weighted by molar-refractivity contribution is 0.142. The molecule has 8 nitrogen and oxygen atoms in total. The zero-order chi connectivity index (χ0) is 26.1. The molecule has 2 fully saturated rings. The number of rotatable bonds is 6. The second kappa shape index (κ2) is 10.2. The van der Waals surface area contributed by atoms with E-state index in [1.54, 1.807) is 24.3 Å². The summed E-state index contributed by atoms with van der Waals surface area (Å²) in [5.41, 5.74) is 1.05. The van der Waals surface area contributed by atoms with Crippen molar-refractivity contribution in [2.45, 2.75) is 63.1 Å². The first-order chi connectivity index (χ1) is 17.7. The number of urea groups is 1. The number of anilines is 1. The summed E-state index contributed by atoms with van der Waals surface area (Å²) >= 11 is 0. The van der Waals surface area contributed by atoms with Crippen LogP contribution in [-0.4, -0.2) is 51.2 Å². The lowest BCUT2D eigenvalue weighted by Gasteiger charge is -2.48. The summed E-state index contributed by atoms with van der Waals surface area (Å²) in [5, 5.41) is 7.10. The Labute approximate surface area is 218 Å². The van der Waals surface area contributed by atoms with Gasteiger partial charge in [0, 0.05) is 49.3 Å². The standard InChI is InChI=1S/C27H34FN5O3S/c1-37(35,36)32-23-11-5-7-20(17-23)19-33(24-12-6-8-21(28)18-24)26(34)31-25(27(33)13-15-29-16-14-27)30-22-9-3-2-4-10-22/h5-8,11-12,17-18,22,29,32H,2-4,9-10,13-16,19H2,1H3/p+1. The summed E-state index contributed by atoms with van der Waals surface area (Å²) in [6.07, 6.45) is 8.03. The lowest BCUT2D eigenvalue weighted by Crippen LogP contribution is -2.72. The highest BCUT2D eigenvalue weighted by Gasteiger charge is 2.65. The molecule has 37 heavy (non-hydrogen) atoms. The first kappa shape index (κ1) is 25.8. The minimum atomic E-state index is -3.47. The molecular weight excluding hydrogens is 493 g/mol. The highest BCUT2D eigenvalue weighted by Crippen LogP contribution is 2.46. The Kier molecular flexibility index (Phi) is 7.08. The van der Waals surface area contributed by atoms with Crippen molar-refractivity contribution in [2.75, 3.05) is 24.1 Å². The van der Waals surface area contributed by atoms with E-state index in [1.165, 1.54) is 18.6 Å². The topological polar surface area (TPSA) is 99.7 Å². The van der Waals surface area contributed by atoms with Crippen LogP contribution < -0.4 is 19.8 Å². The molecule has 10 heteroatoms. The molecule has 0 aromatic heterocycles. The zero-order valence-corrected chi connectivity index (χ0v) is 22.0. The molecule has 0 bridgehead atoms. The summed E-state index contributed by atoms with van der Waals surface area (Å²) in [5.74, 6) is 0.300. The minimum absolute atomic E-state index is 0.163. The molecule has 198 valence electrons. The van der Waals surface area contributed by atoms with Crippen molar-refractivity contribution in [3.8, 4) is 0 Å². The fourth-order valence-corrected chi connectivity index (χ4v) is 6.87. The van der Waals surface area contributed by atoms with Gasteiger partial charge < -0.3 is 10.6 Å². The number of hydrogen-bond donors (Lipinski definition) is 3. The molecule has 2 aromatic carbocycles. The van der Waals surface area contributed by atoms with Crippen molar-refractivity contribution in [1.82, 2.24) is 15.1 Å². The second-order valence-corrected chi connectivity index (χ2v) is 12.3. The number of amidine groups is 1. The summed E-state index contributed by atoms with van der Waals surface area (Å²) in [6.45, 7) is 1.65. The molecule has 2 aromatic rings. The monoisotopic (exact) mass is 528 g/mol. The van der Waals surface area contributed by atoms with Gasteiger partial charge in [0.05, 0.1) is 6.26 Å². The number of benzene rings is 2. The number of hydrogen-bond acceptors (Lipinski definition) is 5. The van der Waals surface area contributed by atoms with Crippen molar-refractivity contribution in [1.29, 1.82) is 0 Å². The third-order valence-electron chi connectivity index (χ3n) is 7.98. The van der Waals surface area contributed by atoms with E-state index in [0.29, 0.717) is 43.1 Å². The fraction of sp³-hybridized carbons (Fsp3) is 0.481. The number of nitrogens with one attached hydrogen (secondary N) is 3. The molecule has 2 aliphatic heterocycles. The normalized spacial score (nSPS) is 24.2. The van der Waals surface area contributed by atoms with E-state index in [9.17, 15) is 17.6 Å². The molecule has 3 N–H and O–H groups in total. The summed E-state index contributed by atoms with van der Waals surface area (Å²) < 4.78 is 40.7. The van der Waals surface area contributed by atoms with Gasteiger partial charge in [-0.05, 0) is 37.1 Å². The van der Waals surface area contributed by atoms with Crippen LogP contribution in [0.15, 0.2) is 53.5 Å². The maximum absolute atomic E-state index is 14.7. The van der Waals surface area contributed by atoms with Crippen molar-refractivity contribution in [2.24, 2.45) is 4.99 Å². The quantitative estimate of drug-likeness (QED) is 0.486. The highest BCUT2D eigenvalue weighted by atomic mass is 32.2. The molecular formula is C27H35FN5O3S+. The van der Waals surface area contributed by atoms with Gasteiger partial charge in [-0.25, -0.2) is 17.6 Å². The average molecular weight is 529 g/mol. The Balaban J connectivity index is 1.62. The Morgan fingerprint density at radius 3 is 2.51 bits per heavy atom. The lowest BCUT2D eigenvalue weighted by atomic mass is 9.81. The van der Waals surface area contributed by atoms with Gasteiger partial charge in [-0.2, -0.15) is 4.48 Å². The van der Waals surface area contributed by atoms with Crippen LogP contribution in [0.1, 0.15) is 50.5 Å². The molecule has 1 aliphatic carbocycles. The van der Waals surface area contributed by atoms with Gasteiger partial charge in [-0.1, -0.05) is 37.5 Å². The number of aliphatic imine (C=N–C) groups is 1. The van der Waals surface area contributed by atoms with E-state index >= 15 is 0 Å². The largest absolute Gasteiger partial charge is 0.450 e. The zero-order valence-electron chi connectivity index (χ0n) is 21.2. The molecule has 3 aliphatic rings. The van der Waals surface area contributed by atoms with Crippen LogP contribution in [0.4, 0.5) is 20.6 Å². The summed E-state index contributed by atoms with van der Waals surface area (Å²) in [7, 11) is -3.47. The fourth-order valence-electron chi connectivity index (χ4n) is 6.32. The predicted octanol–water partition coefficient (Wildman–Crippen LogP) is 4.28. The Morgan fingerprint density at radius 1 is 1.08 bits per heavy atom. The molecule has 1 spiro atoms. The number of halogens is 1. The van der Waals surface area contributed by atoms with E-state index in [4.69, 9.17) is 0 Å². The second-order valence-electron chi connectivity index (χ2n) is 10.5. The third kappa shape index (κ3) is 5.02. The number of carbonyl (C=O) groups is 1. The number of amides is 2. The van der Waals surface area contributed by atoms with Crippen LogP contribution in [0.3, 0.4) is 0 Å². The molecule has 0 radical (unpaired) electrons. The van der Waals surface area contributed by atoms with Gasteiger partial charge in [0.2, 0.25) is 10.0 Å². The van der Waals surface area contributed by atoms with Crippen molar-refractivity contribution < 1.29 is 17.6 Å². The van der Waals surface area contributed by atoms with Gasteiger partial charge in [0.1, 0.15) is 18.0 Å². The van der Waals surface area contributed by atoms with Crippen LogP contribution >= 0.6 is 0 Å². The van der Waals surface area contributed by atoms with Gasteiger partial charge in [-0.15, -0.1) is 4.99 Å². The van der Waals surface area contributed by atoms with E-state index in [0.717, 1.165) is 37.5 Å². The highest BCUT2D eigenvalue weighted by molar-refractivity contribution is 7.92. The molecule has 2 amide bonds. The van der Waals surface area contributed by atoms with Crippen molar-refractivity contribution >= 4 is 33.3 Å². The Bertz CT molecular complexity index is 1300. The summed E-state index contributed by atoms with van der Waals surface area (Å²) in [6, 6.07) is 13.3. The SMILES string of the molecule is CS(=O)(=O)Nc1cccc(C[N+]2(c3cccc(F)c3)C(=O)N=C(NC3CCCCC3)C23CCNCC3)c1. The Morgan fingerprint density at radius 2 is 1.81 bits per heavy atom. The van der Waals surface area contributed by atoms with E-state index < -0.39 is 21.4 Å². The molecule has 1 atom stereocenters. The minimum Gasteiger partial charge on any atom is -0.365 e. The molecule has 1 saturated carbocycles. The van der Waals surface area contributed by atoms with Crippen molar-refractivity contribution in [3.63, 3.8) is 0 Å². The van der Waals surface area contributed by atoms with Crippen LogP contribution in [0, 0.1) is 5.82 Å². The first-order valence-corrected chi connectivity index (χ1v) is 14.9. The number of piperidine rings is 1. The van der Waals surface area contributed by atoms with Gasteiger partial charge in [0.15, 0.2) is 11.4 Å². The van der Waals surface area contributed by atoms with E-state index in [2.05, 4.69) is 20.3 Å². The van der Waals surface area contributed by atoms with Gasteiger partial charge >= 0.3 is 6.03 Å². The molecule has 2 heterocycles. The van der Waals surface area contributed by atoms with Gasteiger partial charge in [0.25, 0.3) is 0 Å². The maximum atomic E-state index is 14.7.